The molecule has 0 unspecified atom stereocenters. The number of anilines is 1. The van der Waals surface area contributed by atoms with Gasteiger partial charge in [0, 0.05) is 16.3 Å². The number of amides is 1. The summed E-state index contributed by atoms with van der Waals surface area (Å²) in [5, 5.41) is 3.52. The molecule has 0 spiro atoms. The van der Waals surface area contributed by atoms with E-state index in [0.717, 1.165) is 23.1 Å². The van der Waals surface area contributed by atoms with Crippen molar-refractivity contribution in [3.05, 3.63) is 77.3 Å². The predicted molar refractivity (Wildman–Crippen MR) is 133 cm³/mol. The van der Waals surface area contributed by atoms with Gasteiger partial charge >= 0.3 is 0 Å². The Morgan fingerprint density at radius 1 is 1.09 bits per heavy atom. The lowest BCUT2D eigenvalue weighted by Crippen LogP contribution is -2.42. The number of ether oxygens (including phenoxy) is 1. The molecule has 170 valence electrons. The molecule has 4 aromatic rings. The molecule has 0 saturated carbocycles. The van der Waals surface area contributed by atoms with Crippen LogP contribution < -0.4 is 10.1 Å². The first-order valence-corrected chi connectivity index (χ1v) is 11.4. The van der Waals surface area contributed by atoms with Crippen molar-refractivity contribution in [1.29, 1.82) is 0 Å². The van der Waals surface area contributed by atoms with E-state index in [-0.39, 0.29) is 5.91 Å². The molecule has 1 amide bonds. The zero-order chi connectivity index (χ0) is 23.6. The molecule has 1 N–H and O–H groups in total. The number of carbonyl (C=O) groups excluding carboxylic acids is 1. The van der Waals surface area contributed by atoms with Crippen molar-refractivity contribution >= 4 is 34.3 Å². The van der Waals surface area contributed by atoms with Crippen LogP contribution in [-0.2, 0) is 4.79 Å². The standard InChI is InChI=1S/C27H27ClN2O3/c1-5-17(2)19-8-15-24-23(16-19)30-25(32-24)18-6-11-21(12-7-18)29-26(31)27(3,4)33-22-13-9-20(28)10-14-22/h6-17H,5H2,1-4H3,(H,29,31)/t17-/m1/s1. The fraction of sp³-hybridized carbons (Fsp3) is 0.259. The summed E-state index contributed by atoms with van der Waals surface area (Å²) in [6, 6.07) is 20.5. The fourth-order valence-corrected chi connectivity index (χ4v) is 3.56. The number of aromatic nitrogens is 1. The van der Waals surface area contributed by atoms with E-state index in [1.54, 1.807) is 38.1 Å². The lowest BCUT2D eigenvalue weighted by Gasteiger charge is -2.25. The number of oxazole rings is 1. The summed E-state index contributed by atoms with van der Waals surface area (Å²) in [5.41, 5.74) is 3.29. The van der Waals surface area contributed by atoms with E-state index in [1.165, 1.54) is 5.56 Å². The molecule has 0 saturated heterocycles. The summed E-state index contributed by atoms with van der Waals surface area (Å²) in [7, 11) is 0. The average Bonchev–Trinajstić information content (AvgIpc) is 3.23. The van der Waals surface area contributed by atoms with E-state index in [4.69, 9.17) is 20.8 Å². The van der Waals surface area contributed by atoms with Gasteiger partial charge in [0.1, 0.15) is 11.3 Å². The van der Waals surface area contributed by atoms with Crippen LogP contribution in [0.1, 0.15) is 45.6 Å². The van der Waals surface area contributed by atoms with Gasteiger partial charge in [-0.15, -0.1) is 0 Å². The summed E-state index contributed by atoms with van der Waals surface area (Å²) in [6.45, 7) is 7.82. The Kier molecular flexibility index (Phi) is 6.43. The highest BCUT2D eigenvalue weighted by Gasteiger charge is 2.30. The molecule has 1 atom stereocenters. The number of fused-ring (bicyclic) bond motifs is 1. The summed E-state index contributed by atoms with van der Waals surface area (Å²) in [5.74, 6) is 1.34. The normalized spacial score (nSPS) is 12.5. The molecule has 3 aromatic carbocycles. The lowest BCUT2D eigenvalue weighted by molar-refractivity contribution is -0.128. The number of carbonyl (C=O) groups is 1. The molecule has 1 heterocycles. The number of nitrogens with zero attached hydrogens (tertiary/aromatic N) is 1. The number of nitrogens with one attached hydrogen (secondary N) is 1. The summed E-state index contributed by atoms with van der Waals surface area (Å²) in [4.78, 5) is 17.5. The number of hydrogen-bond acceptors (Lipinski definition) is 4. The topological polar surface area (TPSA) is 64.4 Å². The maximum atomic E-state index is 12.8. The van der Waals surface area contributed by atoms with Crippen LogP contribution in [0.3, 0.4) is 0 Å². The third-order valence-electron chi connectivity index (χ3n) is 5.72. The minimum Gasteiger partial charge on any atom is -0.478 e. The van der Waals surface area contributed by atoms with Gasteiger partial charge in [-0.2, -0.15) is 0 Å². The molecule has 6 heteroatoms. The first-order valence-electron chi connectivity index (χ1n) is 11.0. The molecule has 33 heavy (non-hydrogen) atoms. The van der Waals surface area contributed by atoms with Crippen LogP contribution in [0.25, 0.3) is 22.6 Å². The second kappa shape index (κ2) is 9.28. The maximum absolute atomic E-state index is 12.8. The van der Waals surface area contributed by atoms with Gasteiger partial charge in [0.25, 0.3) is 5.91 Å². The maximum Gasteiger partial charge on any atom is 0.267 e. The molecular formula is C27H27ClN2O3. The van der Waals surface area contributed by atoms with Gasteiger partial charge < -0.3 is 14.5 Å². The first-order chi connectivity index (χ1) is 15.7. The van der Waals surface area contributed by atoms with Crippen molar-refractivity contribution in [2.24, 2.45) is 0 Å². The van der Waals surface area contributed by atoms with Crippen LogP contribution in [0.2, 0.25) is 5.02 Å². The molecule has 0 aliphatic rings. The number of benzene rings is 3. The van der Waals surface area contributed by atoms with Gasteiger partial charge in [-0.25, -0.2) is 4.98 Å². The van der Waals surface area contributed by atoms with Crippen molar-refractivity contribution in [2.45, 2.75) is 45.6 Å². The van der Waals surface area contributed by atoms with Crippen LogP contribution >= 0.6 is 11.6 Å². The Hall–Kier alpha value is -3.31. The zero-order valence-electron chi connectivity index (χ0n) is 19.2. The Morgan fingerprint density at radius 3 is 2.45 bits per heavy atom. The third-order valence-corrected chi connectivity index (χ3v) is 5.97. The Balaban J connectivity index is 1.46. The second-order valence-electron chi connectivity index (χ2n) is 8.65. The molecule has 0 radical (unpaired) electrons. The van der Waals surface area contributed by atoms with Gasteiger partial charge in [-0.05, 0) is 92.4 Å². The monoisotopic (exact) mass is 462 g/mol. The van der Waals surface area contributed by atoms with Crippen LogP contribution in [-0.4, -0.2) is 16.5 Å². The molecule has 0 aliphatic heterocycles. The summed E-state index contributed by atoms with van der Waals surface area (Å²) >= 11 is 5.91. The third kappa shape index (κ3) is 5.20. The van der Waals surface area contributed by atoms with Crippen LogP contribution in [0.15, 0.2) is 71.1 Å². The lowest BCUT2D eigenvalue weighted by atomic mass is 9.98. The van der Waals surface area contributed by atoms with Crippen LogP contribution in [0.4, 0.5) is 5.69 Å². The van der Waals surface area contributed by atoms with Crippen molar-refractivity contribution in [3.63, 3.8) is 0 Å². The molecule has 1 aromatic heterocycles. The van der Waals surface area contributed by atoms with Crippen molar-refractivity contribution < 1.29 is 13.9 Å². The van der Waals surface area contributed by atoms with E-state index >= 15 is 0 Å². The first kappa shape index (κ1) is 22.9. The SMILES string of the molecule is CC[C@@H](C)c1ccc2oc(-c3ccc(NC(=O)C(C)(C)Oc4ccc(Cl)cc4)cc3)nc2c1. The van der Waals surface area contributed by atoms with Crippen LogP contribution in [0, 0.1) is 0 Å². The van der Waals surface area contributed by atoms with E-state index in [1.807, 2.05) is 30.3 Å². The number of hydrogen-bond donors (Lipinski definition) is 1. The number of halogens is 1. The molecule has 0 aliphatic carbocycles. The second-order valence-corrected chi connectivity index (χ2v) is 9.09. The van der Waals surface area contributed by atoms with E-state index in [0.29, 0.717) is 28.3 Å². The highest BCUT2D eigenvalue weighted by atomic mass is 35.5. The van der Waals surface area contributed by atoms with Gasteiger partial charge in [-0.3, -0.25) is 4.79 Å². The molecule has 5 nitrogen and oxygen atoms in total. The van der Waals surface area contributed by atoms with Crippen molar-refractivity contribution in [1.82, 2.24) is 4.98 Å². The Morgan fingerprint density at radius 2 is 1.79 bits per heavy atom. The van der Waals surface area contributed by atoms with E-state index < -0.39 is 5.60 Å². The molecular weight excluding hydrogens is 436 g/mol. The summed E-state index contributed by atoms with van der Waals surface area (Å²) < 4.78 is 11.8. The van der Waals surface area contributed by atoms with E-state index in [9.17, 15) is 4.79 Å². The highest BCUT2D eigenvalue weighted by Crippen LogP contribution is 2.29. The number of rotatable bonds is 7. The minimum absolute atomic E-state index is 0.260. The molecule has 0 fully saturated rings. The predicted octanol–water partition coefficient (Wildman–Crippen LogP) is 7.46. The van der Waals surface area contributed by atoms with Gasteiger partial charge in [-0.1, -0.05) is 31.5 Å². The van der Waals surface area contributed by atoms with Crippen molar-refractivity contribution in [2.75, 3.05) is 5.32 Å². The Bertz CT molecular complexity index is 1260. The van der Waals surface area contributed by atoms with Gasteiger partial charge in [0.15, 0.2) is 11.2 Å². The minimum atomic E-state index is -1.07. The highest BCUT2D eigenvalue weighted by molar-refractivity contribution is 6.30. The van der Waals surface area contributed by atoms with E-state index in [2.05, 4.69) is 36.3 Å². The quantitative estimate of drug-likeness (QED) is 0.309. The van der Waals surface area contributed by atoms with Gasteiger partial charge in [0.2, 0.25) is 5.89 Å². The fourth-order valence-electron chi connectivity index (χ4n) is 3.43. The van der Waals surface area contributed by atoms with Crippen LogP contribution in [0.5, 0.6) is 5.75 Å². The average molecular weight is 463 g/mol. The zero-order valence-corrected chi connectivity index (χ0v) is 19.9. The summed E-state index contributed by atoms with van der Waals surface area (Å²) in [6.07, 6.45) is 1.07. The largest absolute Gasteiger partial charge is 0.478 e. The Labute approximate surface area is 198 Å². The van der Waals surface area contributed by atoms with Crippen molar-refractivity contribution in [3.8, 4) is 17.2 Å². The smallest absolute Gasteiger partial charge is 0.267 e. The molecule has 4 rings (SSSR count). The van der Waals surface area contributed by atoms with Gasteiger partial charge in [0.05, 0.1) is 0 Å². The molecule has 0 bridgehead atoms.